The summed E-state index contributed by atoms with van der Waals surface area (Å²) in [4.78, 5) is 12.8. The van der Waals surface area contributed by atoms with Crippen LogP contribution in [0.2, 0.25) is 0 Å². The van der Waals surface area contributed by atoms with Crippen LogP contribution in [0.25, 0.3) is 0 Å². The van der Waals surface area contributed by atoms with Gasteiger partial charge in [0.1, 0.15) is 24.1 Å². The molecular formula is C18H22FNO6. The second kappa shape index (κ2) is 5.97. The molecule has 1 N–H and O–H groups in total. The second-order valence-corrected chi connectivity index (χ2v) is 7.59. The molecule has 4 rings (SSSR count). The molecular weight excluding hydrogens is 345 g/mol. The fraction of sp³-hybridized carbons (Fsp3) is 0.611. The number of hydrogen-bond acceptors (Lipinski definition) is 6. The Morgan fingerprint density at radius 1 is 1.00 bits per heavy atom. The lowest BCUT2D eigenvalue weighted by molar-refractivity contribution is -0.229. The number of ether oxygens (including phenoxy) is 5. The third kappa shape index (κ3) is 3.23. The Morgan fingerprint density at radius 3 is 2.38 bits per heavy atom. The zero-order chi connectivity index (χ0) is 18.7. The maximum atomic E-state index is 13.4. The Labute approximate surface area is 150 Å². The van der Waals surface area contributed by atoms with Crippen molar-refractivity contribution in [1.29, 1.82) is 0 Å². The fourth-order valence-corrected chi connectivity index (χ4v) is 3.60. The van der Waals surface area contributed by atoms with Crippen molar-refractivity contribution in [2.75, 3.05) is 5.32 Å². The van der Waals surface area contributed by atoms with E-state index in [1.54, 1.807) is 33.8 Å². The van der Waals surface area contributed by atoms with E-state index in [1.165, 1.54) is 18.2 Å². The first-order chi connectivity index (χ1) is 12.1. The number of anilines is 1. The Hall–Kier alpha value is -1.58. The fourth-order valence-electron chi connectivity index (χ4n) is 3.60. The lowest BCUT2D eigenvalue weighted by Gasteiger charge is -2.36. The lowest BCUT2D eigenvalue weighted by Crippen LogP contribution is -2.58. The number of halogens is 1. The first-order valence-electron chi connectivity index (χ1n) is 8.57. The minimum absolute atomic E-state index is 0.333. The first-order valence-corrected chi connectivity index (χ1v) is 8.57. The van der Waals surface area contributed by atoms with Crippen molar-refractivity contribution in [2.45, 2.75) is 70.0 Å². The molecule has 142 valence electrons. The van der Waals surface area contributed by atoms with Gasteiger partial charge in [-0.05, 0) is 45.9 Å². The Balaban J connectivity index is 1.58. The van der Waals surface area contributed by atoms with Crippen LogP contribution in [-0.2, 0) is 28.5 Å². The summed E-state index contributed by atoms with van der Waals surface area (Å²) in [5.41, 5.74) is 0.333. The molecule has 7 nitrogen and oxygen atoms in total. The lowest BCUT2D eigenvalue weighted by atomic mass is 9.98. The third-order valence-corrected chi connectivity index (χ3v) is 4.51. The predicted octanol–water partition coefficient (Wildman–Crippen LogP) is 2.16. The normalized spacial score (nSPS) is 37.0. The highest BCUT2D eigenvalue weighted by molar-refractivity contribution is 5.94. The van der Waals surface area contributed by atoms with E-state index in [1.807, 2.05) is 0 Å². The summed E-state index contributed by atoms with van der Waals surface area (Å²) < 4.78 is 42.8. The third-order valence-electron chi connectivity index (χ3n) is 4.51. The van der Waals surface area contributed by atoms with Crippen LogP contribution in [0.15, 0.2) is 24.3 Å². The van der Waals surface area contributed by atoms with E-state index in [2.05, 4.69) is 5.32 Å². The molecule has 0 radical (unpaired) electrons. The van der Waals surface area contributed by atoms with Crippen molar-refractivity contribution in [3.8, 4) is 0 Å². The molecule has 0 aliphatic carbocycles. The van der Waals surface area contributed by atoms with Crippen molar-refractivity contribution in [3.63, 3.8) is 0 Å². The molecule has 0 saturated carbocycles. The highest BCUT2D eigenvalue weighted by Gasteiger charge is 2.62. The Morgan fingerprint density at radius 2 is 1.65 bits per heavy atom. The smallest absolute Gasteiger partial charge is 0.256 e. The maximum Gasteiger partial charge on any atom is 0.256 e. The topological polar surface area (TPSA) is 75.3 Å². The van der Waals surface area contributed by atoms with Crippen LogP contribution in [0.3, 0.4) is 0 Å². The van der Waals surface area contributed by atoms with E-state index in [-0.39, 0.29) is 0 Å². The molecule has 0 spiro atoms. The molecule has 3 fully saturated rings. The molecule has 1 aromatic rings. The maximum absolute atomic E-state index is 13.4. The van der Waals surface area contributed by atoms with Crippen molar-refractivity contribution in [1.82, 2.24) is 0 Å². The van der Waals surface area contributed by atoms with Crippen LogP contribution in [0, 0.1) is 5.82 Å². The van der Waals surface area contributed by atoms with Crippen molar-refractivity contribution < 1.29 is 32.9 Å². The quantitative estimate of drug-likeness (QED) is 0.863. The molecule has 3 aliphatic rings. The zero-order valence-corrected chi connectivity index (χ0v) is 15.0. The van der Waals surface area contributed by atoms with E-state index in [0.29, 0.717) is 5.69 Å². The van der Waals surface area contributed by atoms with Crippen LogP contribution in [0.1, 0.15) is 27.7 Å². The van der Waals surface area contributed by atoms with Gasteiger partial charge in [0.05, 0.1) is 0 Å². The molecule has 3 heterocycles. The predicted molar refractivity (Wildman–Crippen MR) is 87.6 cm³/mol. The van der Waals surface area contributed by atoms with Crippen LogP contribution in [0.5, 0.6) is 0 Å². The average Bonchev–Trinajstić information content (AvgIpc) is 3.00. The van der Waals surface area contributed by atoms with Crippen molar-refractivity contribution in [3.05, 3.63) is 30.1 Å². The van der Waals surface area contributed by atoms with Gasteiger partial charge in [-0.1, -0.05) is 6.07 Å². The molecule has 26 heavy (non-hydrogen) atoms. The number of nitrogens with one attached hydrogen (secondary N) is 1. The summed E-state index contributed by atoms with van der Waals surface area (Å²) in [6.07, 6.45) is -3.43. The standard InChI is InChI=1S/C18H22FNO6/c1-17(2)23-11-12(24-17)14-16(26-18(3,4)25-14)22-13(11)15(21)20-10-7-5-6-9(19)8-10/h5-8,11-14,16H,1-4H3,(H,20,21)/t11-,12-,13+,14+,16-/m0/s1. The molecule has 0 aromatic heterocycles. The molecule has 3 aliphatic heterocycles. The molecule has 1 amide bonds. The molecule has 8 heteroatoms. The van der Waals surface area contributed by atoms with Gasteiger partial charge in [-0.2, -0.15) is 0 Å². The summed E-state index contributed by atoms with van der Waals surface area (Å²) in [5, 5.41) is 2.66. The monoisotopic (exact) mass is 367 g/mol. The van der Waals surface area contributed by atoms with Gasteiger partial charge in [0, 0.05) is 5.69 Å². The van der Waals surface area contributed by atoms with Crippen LogP contribution < -0.4 is 5.32 Å². The van der Waals surface area contributed by atoms with E-state index in [9.17, 15) is 9.18 Å². The van der Waals surface area contributed by atoms with Gasteiger partial charge in [-0.15, -0.1) is 0 Å². The number of rotatable bonds is 2. The van der Waals surface area contributed by atoms with E-state index >= 15 is 0 Å². The van der Waals surface area contributed by atoms with Crippen LogP contribution >= 0.6 is 0 Å². The molecule has 0 unspecified atom stereocenters. The van der Waals surface area contributed by atoms with Gasteiger partial charge in [0.25, 0.3) is 5.91 Å². The van der Waals surface area contributed by atoms with Gasteiger partial charge in [0.2, 0.25) is 0 Å². The van der Waals surface area contributed by atoms with Crippen LogP contribution in [0.4, 0.5) is 10.1 Å². The SMILES string of the molecule is CC1(C)O[C@@H]2O[C@@H](C(=O)Nc3cccc(F)c3)[C@H]3OC(C)(C)O[C@@H]3[C@H]2O1. The number of carbonyl (C=O) groups excluding carboxylic acids is 1. The number of carbonyl (C=O) groups is 1. The Kier molecular flexibility index (Phi) is 4.09. The number of hydrogen-bond donors (Lipinski definition) is 1. The molecule has 5 atom stereocenters. The van der Waals surface area contributed by atoms with E-state index < -0.39 is 54.0 Å². The summed E-state index contributed by atoms with van der Waals surface area (Å²) in [6.45, 7) is 7.07. The zero-order valence-electron chi connectivity index (χ0n) is 15.0. The van der Waals surface area contributed by atoms with Crippen LogP contribution in [-0.4, -0.2) is 48.2 Å². The number of amides is 1. The van der Waals surface area contributed by atoms with Crippen molar-refractivity contribution >= 4 is 11.6 Å². The highest BCUT2D eigenvalue weighted by atomic mass is 19.1. The number of fused-ring (bicyclic) bond motifs is 3. The van der Waals surface area contributed by atoms with Gasteiger partial charge in [-0.3, -0.25) is 4.79 Å². The minimum atomic E-state index is -0.983. The highest BCUT2D eigenvalue weighted by Crippen LogP contribution is 2.44. The van der Waals surface area contributed by atoms with E-state index in [4.69, 9.17) is 23.7 Å². The van der Waals surface area contributed by atoms with Gasteiger partial charge >= 0.3 is 0 Å². The summed E-state index contributed by atoms with van der Waals surface area (Å²) in [6, 6.07) is 5.64. The first kappa shape index (κ1) is 17.8. The van der Waals surface area contributed by atoms with Crippen molar-refractivity contribution in [2.24, 2.45) is 0 Å². The van der Waals surface area contributed by atoms with E-state index in [0.717, 1.165) is 0 Å². The summed E-state index contributed by atoms with van der Waals surface area (Å²) in [7, 11) is 0. The average molecular weight is 367 g/mol. The minimum Gasteiger partial charge on any atom is -0.342 e. The number of benzene rings is 1. The summed E-state index contributed by atoms with van der Waals surface area (Å²) >= 11 is 0. The van der Waals surface area contributed by atoms with Gasteiger partial charge in [-0.25, -0.2) is 4.39 Å². The Bertz CT molecular complexity index is 723. The summed E-state index contributed by atoms with van der Waals surface area (Å²) in [5.74, 6) is -2.65. The molecule has 0 bridgehead atoms. The van der Waals surface area contributed by atoms with Gasteiger partial charge in [0.15, 0.2) is 24.0 Å². The largest absolute Gasteiger partial charge is 0.342 e. The second-order valence-electron chi connectivity index (χ2n) is 7.59. The molecule has 3 saturated heterocycles. The molecule has 1 aromatic carbocycles. The van der Waals surface area contributed by atoms with Gasteiger partial charge < -0.3 is 29.0 Å².